The van der Waals surface area contributed by atoms with Gasteiger partial charge in [-0.15, -0.1) is 23.1 Å². The van der Waals surface area contributed by atoms with Crippen molar-refractivity contribution in [3.8, 4) is 17.6 Å². The van der Waals surface area contributed by atoms with Gasteiger partial charge in [-0.25, -0.2) is 0 Å². The highest BCUT2D eigenvalue weighted by molar-refractivity contribution is 7.98. The quantitative estimate of drug-likeness (QED) is 0.417. The van der Waals surface area contributed by atoms with E-state index in [1.807, 2.05) is 25.1 Å². The molecule has 0 aliphatic rings. The van der Waals surface area contributed by atoms with Gasteiger partial charge in [-0.2, -0.15) is 0 Å². The van der Waals surface area contributed by atoms with Gasteiger partial charge >= 0.3 is 0 Å². The molecule has 0 bridgehead atoms. The number of benzene rings is 1. The molecular formula is C20H25NO2S2. The van der Waals surface area contributed by atoms with Gasteiger partial charge in [-0.1, -0.05) is 11.8 Å². The summed E-state index contributed by atoms with van der Waals surface area (Å²) in [6.07, 6.45) is 4.39. The predicted molar refractivity (Wildman–Crippen MR) is 108 cm³/mol. The molecule has 1 unspecified atom stereocenters. The largest absolute Gasteiger partial charge is 0.493 e. The number of rotatable bonds is 8. The van der Waals surface area contributed by atoms with Crippen LogP contribution in [0.25, 0.3) is 0 Å². The van der Waals surface area contributed by atoms with Gasteiger partial charge in [-0.05, 0) is 62.4 Å². The van der Waals surface area contributed by atoms with E-state index in [4.69, 9.17) is 10.5 Å². The summed E-state index contributed by atoms with van der Waals surface area (Å²) < 4.78 is 5.69. The van der Waals surface area contributed by atoms with E-state index in [9.17, 15) is 5.11 Å². The van der Waals surface area contributed by atoms with Crippen molar-refractivity contribution in [3.05, 3.63) is 46.2 Å². The monoisotopic (exact) mass is 375 g/mol. The molecule has 0 saturated heterocycles. The third-order valence-electron chi connectivity index (χ3n) is 3.73. The Balaban J connectivity index is 1.74. The fourth-order valence-corrected chi connectivity index (χ4v) is 3.40. The van der Waals surface area contributed by atoms with E-state index in [1.54, 1.807) is 23.1 Å². The molecule has 1 heterocycles. The maximum atomic E-state index is 9.20. The third-order valence-corrected chi connectivity index (χ3v) is 5.54. The highest BCUT2D eigenvalue weighted by Crippen LogP contribution is 2.20. The molecule has 0 fully saturated rings. The van der Waals surface area contributed by atoms with Gasteiger partial charge in [0.25, 0.3) is 0 Å². The molecule has 25 heavy (non-hydrogen) atoms. The molecule has 0 saturated carbocycles. The first-order chi connectivity index (χ1) is 12.0. The van der Waals surface area contributed by atoms with Gasteiger partial charge in [0.1, 0.15) is 5.75 Å². The van der Waals surface area contributed by atoms with Crippen molar-refractivity contribution in [1.82, 2.24) is 0 Å². The Hall–Kier alpha value is -1.45. The average Bonchev–Trinajstić information content (AvgIpc) is 3.08. The van der Waals surface area contributed by atoms with Gasteiger partial charge in [0.05, 0.1) is 18.1 Å². The van der Waals surface area contributed by atoms with E-state index in [0.717, 1.165) is 23.5 Å². The number of ether oxygens (including phenoxy) is 1. The molecule has 0 aliphatic carbocycles. The highest BCUT2D eigenvalue weighted by atomic mass is 32.2. The van der Waals surface area contributed by atoms with E-state index in [-0.39, 0.29) is 6.61 Å². The molecule has 3 nitrogen and oxygen atoms in total. The van der Waals surface area contributed by atoms with Crippen LogP contribution in [0.15, 0.2) is 41.3 Å². The van der Waals surface area contributed by atoms with Gasteiger partial charge in [0.2, 0.25) is 0 Å². The lowest BCUT2D eigenvalue weighted by atomic mass is 9.98. The second-order valence-corrected chi connectivity index (χ2v) is 8.20. The van der Waals surface area contributed by atoms with Gasteiger partial charge in [0, 0.05) is 21.7 Å². The van der Waals surface area contributed by atoms with Crippen LogP contribution < -0.4 is 10.5 Å². The molecule has 5 heteroatoms. The minimum Gasteiger partial charge on any atom is -0.493 e. The summed E-state index contributed by atoms with van der Waals surface area (Å²) in [6.45, 7) is 2.47. The van der Waals surface area contributed by atoms with Gasteiger partial charge < -0.3 is 15.6 Å². The molecule has 3 N–H and O–H groups in total. The van der Waals surface area contributed by atoms with Crippen LogP contribution in [0.2, 0.25) is 0 Å². The first kappa shape index (κ1) is 19.9. The van der Waals surface area contributed by atoms with Crippen molar-refractivity contribution >= 4 is 23.1 Å². The molecule has 2 rings (SSSR count). The van der Waals surface area contributed by atoms with Crippen molar-refractivity contribution in [2.45, 2.75) is 36.6 Å². The van der Waals surface area contributed by atoms with E-state index in [1.165, 1.54) is 9.77 Å². The summed E-state index contributed by atoms with van der Waals surface area (Å²) in [4.78, 5) is 3.54. The highest BCUT2D eigenvalue weighted by Gasteiger charge is 2.16. The Morgan fingerprint density at radius 1 is 1.24 bits per heavy atom. The van der Waals surface area contributed by atoms with Crippen molar-refractivity contribution in [2.75, 3.05) is 19.5 Å². The summed E-state index contributed by atoms with van der Waals surface area (Å²) in [6, 6.07) is 12.2. The van der Waals surface area contributed by atoms with Crippen LogP contribution in [-0.4, -0.2) is 30.1 Å². The second kappa shape index (κ2) is 9.88. The molecular weight excluding hydrogens is 350 g/mol. The maximum Gasteiger partial charge on any atom is 0.119 e. The van der Waals surface area contributed by atoms with Crippen LogP contribution >= 0.6 is 23.1 Å². The van der Waals surface area contributed by atoms with Crippen LogP contribution in [0.3, 0.4) is 0 Å². The van der Waals surface area contributed by atoms with Crippen LogP contribution in [0.1, 0.15) is 29.5 Å². The molecule has 0 aliphatic heterocycles. The minimum absolute atomic E-state index is 0.00501. The fraction of sp³-hybridized carbons (Fsp3) is 0.400. The van der Waals surface area contributed by atoms with E-state index >= 15 is 0 Å². The van der Waals surface area contributed by atoms with Gasteiger partial charge in [0.15, 0.2) is 0 Å². The Morgan fingerprint density at radius 2 is 2.00 bits per heavy atom. The molecule has 0 radical (unpaired) electrons. The predicted octanol–water partition coefficient (Wildman–Crippen LogP) is 3.93. The average molecular weight is 376 g/mol. The number of nitrogens with two attached hydrogens (primary N) is 1. The van der Waals surface area contributed by atoms with E-state index < -0.39 is 5.54 Å². The van der Waals surface area contributed by atoms with Crippen molar-refractivity contribution in [3.63, 3.8) is 0 Å². The lowest BCUT2D eigenvalue weighted by molar-refractivity contribution is 0.201. The molecule has 1 atom stereocenters. The summed E-state index contributed by atoms with van der Waals surface area (Å²) in [5, 5.41) is 9.20. The maximum absolute atomic E-state index is 9.20. The molecule has 0 amide bonds. The molecule has 2 aromatic rings. The topological polar surface area (TPSA) is 55.5 Å². The summed E-state index contributed by atoms with van der Waals surface area (Å²) in [5.74, 6) is 7.22. The Morgan fingerprint density at radius 3 is 2.68 bits per heavy atom. The van der Waals surface area contributed by atoms with E-state index in [2.05, 4.69) is 36.3 Å². The van der Waals surface area contributed by atoms with Crippen molar-refractivity contribution in [1.29, 1.82) is 0 Å². The number of aryl methyl sites for hydroxylation is 1. The summed E-state index contributed by atoms with van der Waals surface area (Å²) in [5.41, 5.74) is 5.45. The molecule has 0 spiro atoms. The smallest absolute Gasteiger partial charge is 0.119 e. The Bertz CT molecular complexity index is 711. The lowest BCUT2D eigenvalue weighted by Gasteiger charge is -2.20. The molecule has 134 valence electrons. The summed E-state index contributed by atoms with van der Waals surface area (Å²) in [7, 11) is 0. The lowest BCUT2D eigenvalue weighted by Crippen LogP contribution is -2.40. The number of hydrogen-bond donors (Lipinski definition) is 2. The zero-order chi connectivity index (χ0) is 18.1. The normalized spacial score (nSPS) is 13.0. The van der Waals surface area contributed by atoms with Crippen molar-refractivity contribution in [2.24, 2.45) is 5.73 Å². The molecule has 1 aromatic carbocycles. The summed E-state index contributed by atoms with van der Waals surface area (Å²) >= 11 is 3.41. The van der Waals surface area contributed by atoms with Crippen LogP contribution in [0, 0.1) is 11.8 Å². The van der Waals surface area contributed by atoms with Crippen LogP contribution in [0.4, 0.5) is 0 Å². The fourth-order valence-electron chi connectivity index (χ4n) is 2.11. The van der Waals surface area contributed by atoms with Crippen LogP contribution in [0.5, 0.6) is 5.75 Å². The number of thiophene rings is 1. The second-order valence-electron chi connectivity index (χ2n) is 6.15. The number of aliphatic hydroxyl groups excluding tert-OH is 1. The Kier molecular flexibility index (Phi) is 7.86. The Labute approximate surface area is 158 Å². The van der Waals surface area contributed by atoms with E-state index in [0.29, 0.717) is 13.0 Å². The zero-order valence-electron chi connectivity index (χ0n) is 14.7. The number of aliphatic hydroxyl groups is 1. The number of thioether (sulfide) groups is 1. The minimum atomic E-state index is -0.513. The SMILES string of the molecule is CSc1ccc(OCCC#Cc2ccc(CCC(C)(N)CO)s2)cc1. The first-order valence-corrected chi connectivity index (χ1v) is 10.3. The van der Waals surface area contributed by atoms with Gasteiger partial charge in [-0.3, -0.25) is 0 Å². The van der Waals surface area contributed by atoms with Crippen LogP contribution in [-0.2, 0) is 6.42 Å². The standard InChI is InChI=1S/C20H25NO2S2/c1-20(21,15-22)13-12-19-11-10-18(25-19)5-3-4-14-23-16-6-8-17(24-2)9-7-16/h6-11,22H,4,12-15,21H2,1-2H3. The first-order valence-electron chi connectivity index (χ1n) is 8.26. The third kappa shape index (κ3) is 7.13. The zero-order valence-corrected chi connectivity index (χ0v) is 16.4. The van der Waals surface area contributed by atoms with Crippen molar-refractivity contribution < 1.29 is 9.84 Å². The molecule has 1 aromatic heterocycles. The number of hydrogen-bond acceptors (Lipinski definition) is 5.